The van der Waals surface area contributed by atoms with Crippen LogP contribution < -0.4 is 20.9 Å². The van der Waals surface area contributed by atoms with Crippen molar-refractivity contribution < 1.29 is 9.90 Å². The van der Waals surface area contributed by atoms with Gasteiger partial charge in [0.15, 0.2) is 5.13 Å². The third-order valence-electron chi connectivity index (χ3n) is 7.98. The van der Waals surface area contributed by atoms with Crippen molar-refractivity contribution in [2.24, 2.45) is 5.41 Å². The van der Waals surface area contributed by atoms with Gasteiger partial charge in [0.2, 0.25) is 0 Å². The number of para-hydroxylation sites is 2. The standard InChI is InChI=1S/C30H32Cl2N6O2S/c1-29(2,3)25(39)17-8-9-18(31)23-24(17)38(16-30(23)12-14-33-15-13-30)21-7-5-4-6-19(21)34-27(40)37-28-35-20-10-11-22(32)36-26(20)41-28/h4-11,25,33,39H,12-16H2,1-3H3,(H2,34,35,37,40). The van der Waals surface area contributed by atoms with Crippen molar-refractivity contribution in [2.75, 3.05) is 35.2 Å². The summed E-state index contributed by atoms with van der Waals surface area (Å²) in [7, 11) is 0. The summed E-state index contributed by atoms with van der Waals surface area (Å²) in [5.74, 6) is 0. The Morgan fingerprint density at radius 3 is 2.59 bits per heavy atom. The van der Waals surface area contributed by atoms with Crippen LogP contribution in [0.2, 0.25) is 10.2 Å². The van der Waals surface area contributed by atoms with Gasteiger partial charge >= 0.3 is 6.03 Å². The van der Waals surface area contributed by atoms with E-state index in [4.69, 9.17) is 23.2 Å². The Morgan fingerprint density at radius 2 is 1.83 bits per heavy atom. The summed E-state index contributed by atoms with van der Waals surface area (Å²) >= 11 is 14.2. The fraction of sp³-hybridized carbons (Fsp3) is 0.367. The number of hydrogen-bond acceptors (Lipinski definition) is 7. The van der Waals surface area contributed by atoms with Gasteiger partial charge in [0.05, 0.1) is 23.2 Å². The largest absolute Gasteiger partial charge is 0.388 e. The molecule has 0 radical (unpaired) electrons. The van der Waals surface area contributed by atoms with Crippen LogP contribution in [-0.4, -0.2) is 40.7 Å². The summed E-state index contributed by atoms with van der Waals surface area (Å²) in [6.45, 7) is 8.57. The highest BCUT2D eigenvalue weighted by Gasteiger charge is 2.48. The number of nitrogens with one attached hydrogen (secondary N) is 3. The number of piperidine rings is 1. The molecule has 8 nitrogen and oxygen atoms in total. The zero-order valence-electron chi connectivity index (χ0n) is 23.1. The molecular weight excluding hydrogens is 579 g/mol. The molecule has 1 spiro atoms. The number of aliphatic hydroxyl groups is 1. The summed E-state index contributed by atoms with van der Waals surface area (Å²) in [5, 5.41) is 22.4. The van der Waals surface area contributed by atoms with Gasteiger partial charge in [-0.3, -0.25) is 5.32 Å². The lowest BCUT2D eigenvalue weighted by atomic mass is 9.73. The molecule has 2 aromatic heterocycles. The topological polar surface area (TPSA) is 102 Å². The molecule has 6 rings (SSSR count). The van der Waals surface area contributed by atoms with Gasteiger partial charge in [-0.05, 0) is 61.7 Å². The lowest BCUT2D eigenvalue weighted by Gasteiger charge is -2.35. The second-order valence-corrected chi connectivity index (χ2v) is 13.6. The van der Waals surface area contributed by atoms with Crippen LogP contribution in [-0.2, 0) is 5.41 Å². The third-order valence-corrected chi connectivity index (χ3v) is 9.39. The molecule has 0 aliphatic carbocycles. The van der Waals surface area contributed by atoms with Crippen LogP contribution in [0.4, 0.5) is 27.0 Å². The van der Waals surface area contributed by atoms with Gasteiger partial charge in [-0.15, -0.1) is 0 Å². The van der Waals surface area contributed by atoms with Crippen LogP contribution in [0, 0.1) is 5.41 Å². The van der Waals surface area contributed by atoms with E-state index in [9.17, 15) is 9.90 Å². The van der Waals surface area contributed by atoms with E-state index in [2.05, 4.69) is 30.8 Å². The normalized spacial score (nSPS) is 17.1. The minimum atomic E-state index is -0.711. The Morgan fingerprint density at radius 1 is 1.07 bits per heavy atom. The van der Waals surface area contributed by atoms with Crippen molar-refractivity contribution in [1.29, 1.82) is 0 Å². The number of nitrogens with zero attached hydrogens (tertiary/aromatic N) is 3. The highest BCUT2D eigenvalue weighted by atomic mass is 35.5. The van der Waals surface area contributed by atoms with Gasteiger partial charge in [-0.25, -0.2) is 14.8 Å². The van der Waals surface area contributed by atoms with Crippen molar-refractivity contribution in [3.63, 3.8) is 0 Å². The zero-order chi connectivity index (χ0) is 28.9. The number of fused-ring (bicyclic) bond motifs is 3. The predicted octanol–water partition coefficient (Wildman–Crippen LogP) is 7.49. The molecule has 4 heterocycles. The number of aliphatic hydroxyl groups excluding tert-OH is 1. The summed E-state index contributed by atoms with van der Waals surface area (Å²) in [6.07, 6.45) is 1.14. The summed E-state index contributed by atoms with van der Waals surface area (Å²) in [6, 6.07) is 14.6. The monoisotopic (exact) mass is 610 g/mol. The fourth-order valence-electron chi connectivity index (χ4n) is 5.96. The van der Waals surface area contributed by atoms with E-state index in [1.807, 2.05) is 57.2 Å². The number of carbonyl (C=O) groups excluding carboxylic acids is 1. The van der Waals surface area contributed by atoms with Crippen LogP contribution in [0.5, 0.6) is 0 Å². The van der Waals surface area contributed by atoms with Crippen LogP contribution >= 0.6 is 34.5 Å². The number of urea groups is 1. The third kappa shape index (κ3) is 5.26. The molecule has 2 aliphatic rings. The fourth-order valence-corrected chi connectivity index (χ4v) is 7.34. The van der Waals surface area contributed by atoms with E-state index < -0.39 is 12.1 Å². The van der Waals surface area contributed by atoms with E-state index in [-0.39, 0.29) is 10.8 Å². The van der Waals surface area contributed by atoms with E-state index in [1.54, 1.807) is 12.1 Å². The van der Waals surface area contributed by atoms with E-state index >= 15 is 0 Å². The van der Waals surface area contributed by atoms with Gasteiger partial charge in [0, 0.05) is 28.1 Å². The van der Waals surface area contributed by atoms with Crippen molar-refractivity contribution in [3.05, 3.63) is 69.8 Å². The number of thiazole rings is 1. The zero-order valence-corrected chi connectivity index (χ0v) is 25.4. The molecule has 2 aromatic carbocycles. The number of hydrogen-bond donors (Lipinski definition) is 4. The molecule has 214 valence electrons. The first-order chi connectivity index (χ1) is 19.6. The molecule has 4 N–H and O–H groups in total. The molecule has 2 aliphatic heterocycles. The number of amides is 2. The van der Waals surface area contributed by atoms with E-state index in [0.29, 0.717) is 37.9 Å². The molecule has 1 atom stereocenters. The number of benzene rings is 2. The van der Waals surface area contributed by atoms with Gasteiger partial charge in [-0.2, -0.15) is 0 Å². The quantitative estimate of drug-likeness (QED) is 0.178. The minimum Gasteiger partial charge on any atom is -0.388 e. The number of carbonyl (C=O) groups is 1. The highest BCUT2D eigenvalue weighted by molar-refractivity contribution is 7.22. The maximum atomic E-state index is 13.2. The predicted molar refractivity (Wildman–Crippen MR) is 168 cm³/mol. The second kappa shape index (κ2) is 10.7. The molecule has 0 bridgehead atoms. The van der Waals surface area contributed by atoms with Gasteiger partial charge in [0.25, 0.3) is 0 Å². The Labute approximate surface area is 253 Å². The first kappa shape index (κ1) is 28.2. The SMILES string of the molecule is CC(C)(C)C(O)c1ccc(Cl)c2c1N(c1ccccc1NC(=O)Nc1nc3ccc(Cl)nc3s1)CC21CCNCC1. The Balaban J connectivity index is 1.38. The number of halogens is 2. The lowest BCUT2D eigenvalue weighted by molar-refractivity contribution is 0.0631. The summed E-state index contributed by atoms with van der Waals surface area (Å²) < 4.78 is 0. The maximum Gasteiger partial charge on any atom is 0.325 e. The molecule has 1 saturated heterocycles. The van der Waals surface area contributed by atoms with Gasteiger partial charge < -0.3 is 20.6 Å². The van der Waals surface area contributed by atoms with Crippen LogP contribution in [0.1, 0.15) is 50.8 Å². The van der Waals surface area contributed by atoms with E-state index in [1.165, 1.54) is 11.3 Å². The first-order valence-corrected chi connectivity index (χ1v) is 15.2. The Bertz CT molecular complexity index is 1630. The van der Waals surface area contributed by atoms with Gasteiger partial charge in [-0.1, -0.05) is 73.5 Å². The highest BCUT2D eigenvalue weighted by Crippen LogP contribution is 2.56. The Kier molecular flexibility index (Phi) is 7.36. The Hall–Kier alpha value is -2.95. The number of pyridine rings is 1. The first-order valence-electron chi connectivity index (χ1n) is 13.7. The van der Waals surface area contributed by atoms with Crippen LogP contribution in [0.25, 0.3) is 10.3 Å². The number of rotatable bonds is 4. The minimum absolute atomic E-state index is 0.171. The van der Waals surface area contributed by atoms with E-state index in [0.717, 1.165) is 48.4 Å². The molecule has 4 aromatic rings. The molecule has 2 amide bonds. The molecule has 11 heteroatoms. The lowest BCUT2D eigenvalue weighted by Crippen LogP contribution is -2.42. The van der Waals surface area contributed by atoms with Crippen LogP contribution in [0.15, 0.2) is 48.5 Å². The molecule has 1 unspecified atom stereocenters. The molecule has 0 saturated carbocycles. The average molecular weight is 612 g/mol. The molecule has 41 heavy (non-hydrogen) atoms. The maximum absolute atomic E-state index is 13.2. The smallest absolute Gasteiger partial charge is 0.325 e. The van der Waals surface area contributed by atoms with Crippen molar-refractivity contribution in [3.8, 4) is 0 Å². The molecular formula is C30H32Cl2N6O2S. The molecule has 1 fully saturated rings. The van der Waals surface area contributed by atoms with Crippen molar-refractivity contribution >= 4 is 73.1 Å². The van der Waals surface area contributed by atoms with Crippen molar-refractivity contribution in [2.45, 2.75) is 45.1 Å². The summed E-state index contributed by atoms with van der Waals surface area (Å²) in [5.41, 5.74) is 4.44. The van der Waals surface area contributed by atoms with Crippen LogP contribution in [0.3, 0.4) is 0 Å². The number of anilines is 4. The van der Waals surface area contributed by atoms with Crippen molar-refractivity contribution in [1.82, 2.24) is 15.3 Å². The summed E-state index contributed by atoms with van der Waals surface area (Å²) in [4.78, 5) is 24.8. The number of aromatic nitrogens is 2. The average Bonchev–Trinajstić information content (AvgIpc) is 3.47. The van der Waals surface area contributed by atoms with Gasteiger partial charge in [0.1, 0.15) is 15.5 Å². The second-order valence-electron chi connectivity index (χ2n) is 11.8.